The van der Waals surface area contributed by atoms with Gasteiger partial charge >= 0.3 is 0 Å². The molecule has 1 N–H and O–H groups in total. The number of hydrogen-bond acceptors (Lipinski definition) is 3. The maximum atomic E-state index is 13.6. The zero-order valence-electron chi connectivity index (χ0n) is 20.4. The van der Waals surface area contributed by atoms with Gasteiger partial charge in [0.25, 0.3) is 0 Å². The Labute approximate surface area is 206 Å². The number of hydrogen-bond donors (Lipinski definition) is 1. The minimum absolute atomic E-state index is 0.138. The summed E-state index contributed by atoms with van der Waals surface area (Å²) in [6.07, 6.45) is 2.34. The molecule has 0 unspecified atom stereocenters. The first-order valence-corrected chi connectivity index (χ1v) is 12.0. The first kappa shape index (κ1) is 25.9. The lowest BCUT2D eigenvalue weighted by molar-refractivity contribution is -0.140. The number of halogens is 1. The smallest absolute Gasteiger partial charge is 0.243 e. The zero-order valence-corrected chi connectivity index (χ0v) is 20.4. The quantitative estimate of drug-likeness (QED) is 0.377. The van der Waals surface area contributed by atoms with Crippen LogP contribution in [0.1, 0.15) is 36.5 Å². The highest BCUT2D eigenvalue weighted by atomic mass is 19.1. The van der Waals surface area contributed by atoms with E-state index in [1.54, 1.807) is 24.1 Å². The first-order chi connectivity index (χ1) is 17.0. The molecule has 0 spiro atoms. The van der Waals surface area contributed by atoms with Gasteiger partial charge in [-0.25, -0.2) is 4.39 Å². The highest BCUT2D eigenvalue weighted by molar-refractivity contribution is 5.88. The van der Waals surface area contributed by atoms with Gasteiger partial charge < -0.3 is 15.0 Å². The fourth-order valence-electron chi connectivity index (χ4n) is 3.87. The van der Waals surface area contributed by atoms with Crippen LogP contribution in [-0.2, 0) is 29.0 Å². The Morgan fingerprint density at radius 2 is 1.57 bits per heavy atom. The van der Waals surface area contributed by atoms with Crippen LogP contribution in [0.4, 0.5) is 4.39 Å². The summed E-state index contributed by atoms with van der Waals surface area (Å²) in [5, 5.41) is 3.00. The zero-order chi connectivity index (χ0) is 25.0. The minimum atomic E-state index is -0.704. The van der Waals surface area contributed by atoms with Crippen LogP contribution < -0.4 is 10.1 Å². The molecule has 0 heterocycles. The van der Waals surface area contributed by atoms with Crippen molar-refractivity contribution in [3.05, 3.63) is 101 Å². The Kier molecular flexibility index (Phi) is 9.84. The number of amides is 2. The number of carbonyl (C=O) groups is 2. The molecule has 3 aromatic carbocycles. The number of methoxy groups -OCH3 is 1. The largest absolute Gasteiger partial charge is 0.497 e. The molecule has 35 heavy (non-hydrogen) atoms. The van der Waals surface area contributed by atoms with Crippen molar-refractivity contribution in [2.24, 2.45) is 0 Å². The van der Waals surface area contributed by atoms with Gasteiger partial charge in [-0.05, 0) is 47.4 Å². The lowest BCUT2D eigenvalue weighted by Crippen LogP contribution is -2.51. The van der Waals surface area contributed by atoms with E-state index < -0.39 is 6.04 Å². The molecule has 3 aromatic rings. The molecule has 5 nitrogen and oxygen atoms in total. The fourth-order valence-corrected chi connectivity index (χ4v) is 3.87. The van der Waals surface area contributed by atoms with Gasteiger partial charge in [-0.15, -0.1) is 0 Å². The predicted molar refractivity (Wildman–Crippen MR) is 135 cm³/mol. The summed E-state index contributed by atoms with van der Waals surface area (Å²) in [5.41, 5.74) is 2.54. The number of nitrogens with zero attached hydrogens (tertiary/aromatic N) is 1. The molecular weight excluding hydrogens is 443 g/mol. The lowest BCUT2D eigenvalue weighted by atomic mass is 10.0. The van der Waals surface area contributed by atoms with Crippen LogP contribution in [0, 0.1) is 5.82 Å². The van der Waals surface area contributed by atoms with E-state index in [1.807, 2.05) is 54.6 Å². The number of benzene rings is 3. The van der Waals surface area contributed by atoms with Gasteiger partial charge in [0.15, 0.2) is 0 Å². The van der Waals surface area contributed by atoms with Crippen molar-refractivity contribution < 1.29 is 18.7 Å². The number of unbranched alkanes of at least 4 members (excludes halogenated alkanes) is 1. The SMILES string of the molecule is CCCCNC(=O)[C@H](Cc1ccccc1)N(Cc1ccc(F)cc1)C(=O)Cc1ccc(OC)cc1. The van der Waals surface area contributed by atoms with Crippen LogP contribution in [0.25, 0.3) is 0 Å². The van der Waals surface area contributed by atoms with Crippen molar-refractivity contribution >= 4 is 11.8 Å². The summed E-state index contributed by atoms with van der Waals surface area (Å²) < 4.78 is 18.7. The van der Waals surface area contributed by atoms with Crippen molar-refractivity contribution in [1.29, 1.82) is 0 Å². The molecule has 1 atom stereocenters. The molecule has 0 saturated heterocycles. The van der Waals surface area contributed by atoms with E-state index in [0.717, 1.165) is 29.5 Å². The van der Waals surface area contributed by atoms with Crippen LogP contribution in [-0.4, -0.2) is 36.4 Å². The normalized spacial score (nSPS) is 11.5. The van der Waals surface area contributed by atoms with Gasteiger partial charge in [-0.3, -0.25) is 9.59 Å². The second kappa shape index (κ2) is 13.3. The van der Waals surface area contributed by atoms with Gasteiger partial charge in [-0.1, -0.05) is 67.9 Å². The Morgan fingerprint density at radius 3 is 2.20 bits per heavy atom. The van der Waals surface area contributed by atoms with Crippen LogP contribution in [0.3, 0.4) is 0 Å². The molecule has 184 valence electrons. The second-order valence-electron chi connectivity index (χ2n) is 8.52. The standard InChI is InChI=1S/C29H33FN2O3/c1-3-4-18-31-29(34)27(19-22-8-6-5-7-9-22)32(21-24-10-14-25(30)15-11-24)28(33)20-23-12-16-26(35-2)17-13-23/h5-17,27H,3-4,18-21H2,1-2H3,(H,31,34)/t27-/m0/s1. The molecule has 0 aliphatic heterocycles. The molecule has 0 aliphatic carbocycles. The first-order valence-electron chi connectivity index (χ1n) is 12.0. The average molecular weight is 477 g/mol. The van der Waals surface area contributed by atoms with E-state index in [-0.39, 0.29) is 30.6 Å². The van der Waals surface area contributed by atoms with E-state index in [0.29, 0.717) is 18.7 Å². The monoisotopic (exact) mass is 476 g/mol. The topological polar surface area (TPSA) is 58.6 Å². The molecule has 0 bridgehead atoms. The number of rotatable bonds is 12. The summed E-state index contributed by atoms with van der Waals surface area (Å²) in [7, 11) is 1.59. The van der Waals surface area contributed by atoms with Gasteiger partial charge in [0.1, 0.15) is 17.6 Å². The molecule has 0 radical (unpaired) electrons. The van der Waals surface area contributed by atoms with Crippen molar-refractivity contribution in [2.75, 3.05) is 13.7 Å². The third kappa shape index (κ3) is 7.95. The van der Waals surface area contributed by atoms with E-state index in [1.165, 1.54) is 12.1 Å². The second-order valence-corrected chi connectivity index (χ2v) is 8.52. The van der Waals surface area contributed by atoms with Gasteiger partial charge in [0.2, 0.25) is 11.8 Å². The highest BCUT2D eigenvalue weighted by Gasteiger charge is 2.30. The molecule has 0 fully saturated rings. The maximum absolute atomic E-state index is 13.6. The molecule has 2 amide bonds. The maximum Gasteiger partial charge on any atom is 0.243 e. The Hall–Kier alpha value is -3.67. The molecule has 6 heteroatoms. The molecule has 3 rings (SSSR count). The van der Waals surface area contributed by atoms with Crippen molar-refractivity contribution in [1.82, 2.24) is 10.2 Å². The third-order valence-corrected chi connectivity index (χ3v) is 5.88. The molecular formula is C29H33FN2O3. The summed E-state index contributed by atoms with van der Waals surface area (Å²) in [6, 6.07) is 22.3. The van der Waals surface area contributed by atoms with Crippen molar-refractivity contribution in [3.63, 3.8) is 0 Å². The van der Waals surface area contributed by atoms with E-state index in [4.69, 9.17) is 4.74 Å². The van der Waals surface area contributed by atoms with E-state index >= 15 is 0 Å². The molecule has 0 aliphatic rings. The lowest BCUT2D eigenvalue weighted by Gasteiger charge is -2.31. The predicted octanol–water partition coefficient (Wildman–Crippen LogP) is 4.93. The summed E-state index contributed by atoms with van der Waals surface area (Å²) in [4.78, 5) is 28.6. The van der Waals surface area contributed by atoms with Gasteiger partial charge in [0, 0.05) is 19.5 Å². The Morgan fingerprint density at radius 1 is 0.914 bits per heavy atom. The summed E-state index contributed by atoms with van der Waals surface area (Å²) >= 11 is 0. The average Bonchev–Trinajstić information content (AvgIpc) is 2.88. The van der Waals surface area contributed by atoms with E-state index in [2.05, 4.69) is 12.2 Å². The van der Waals surface area contributed by atoms with Gasteiger partial charge in [0.05, 0.1) is 13.5 Å². The molecule has 0 aromatic heterocycles. The van der Waals surface area contributed by atoms with Crippen LogP contribution >= 0.6 is 0 Å². The van der Waals surface area contributed by atoms with Crippen LogP contribution in [0.5, 0.6) is 5.75 Å². The number of nitrogens with one attached hydrogen (secondary N) is 1. The molecule has 0 saturated carbocycles. The highest BCUT2D eigenvalue weighted by Crippen LogP contribution is 2.18. The van der Waals surface area contributed by atoms with Crippen LogP contribution in [0.15, 0.2) is 78.9 Å². The van der Waals surface area contributed by atoms with Crippen LogP contribution in [0.2, 0.25) is 0 Å². The fraction of sp³-hybridized carbons (Fsp3) is 0.310. The summed E-state index contributed by atoms with van der Waals surface area (Å²) in [6.45, 7) is 2.82. The van der Waals surface area contributed by atoms with Gasteiger partial charge in [-0.2, -0.15) is 0 Å². The summed E-state index contributed by atoms with van der Waals surface area (Å²) in [5.74, 6) is 0.00295. The van der Waals surface area contributed by atoms with Crippen molar-refractivity contribution in [2.45, 2.75) is 45.2 Å². The Bertz CT molecular complexity index is 1070. The minimum Gasteiger partial charge on any atom is -0.497 e. The third-order valence-electron chi connectivity index (χ3n) is 5.88. The number of carbonyl (C=O) groups excluding carboxylic acids is 2. The van der Waals surface area contributed by atoms with Crippen molar-refractivity contribution in [3.8, 4) is 5.75 Å². The Balaban J connectivity index is 1.91. The number of ether oxygens (including phenoxy) is 1. The van der Waals surface area contributed by atoms with E-state index in [9.17, 15) is 14.0 Å².